The Morgan fingerprint density at radius 3 is 2.40 bits per heavy atom. The van der Waals surface area contributed by atoms with E-state index in [0.717, 1.165) is 5.56 Å². The summed E-state index contributed by atoms with van der Waals surface area (Å²) in [5, 5.41) is 0. The van der Waals surface area contributed by atoms with E-state index in [1.54, 1.807) is 45.5 Å². The summed E-state index contributed by atoms with van der Waals surface area (Å²) < 4.78 is 9.64. The lowest BCUT2D eigenvalue weighted by Gasteiger charge is -2.32. The largest absolute Gasteiger partial charge is 0.516 e. The van der Waals surface area contributed by atoms with Gasteiger partial charge in [0.2, 0.25) is 6.04 Å². The van der Waals surface area contributed by atoms with Gasteiger partial charge in [-0.1, -0.05) is 0 Å². The van der Waals surface area contributed by atoms with Crippen LogP contribution in [0.5, 0.6) is 0 Å². The van der Waals surface area contributed by atoms with Crippen LogP contribution in [0.15, 0.2) is 24.5 Å². The Kier molecular flexibility index (Phi) is 5.64. The third kappa shape index (κ3) is 3.77. The number of hydrogen-bond acceptors (Lipinski definition) is 5. The van der Waals surface area contributed by atoms with Gasteiger partial charge < -0.3 is 9.47 Å². The normalized spacial score (nSPS) is 12.6. The molecule has 1 rings (SSSR count). The Balaban J connectivity index is 3.00. The lowest BCUT2D eigenvalue weighted by atomic mass is 10.0. The second kappa shape index (κ2) is 7.00. The number of rotatable bonds is 5. The number of likely N-dealkylation sites (N-methyl/N-ethyl adjacent to an activating group) is 1. The maximum Gasteiger partial charge on any atom is 0.516 e. The minimum Gasteiger partial charge on any atom is -0.465 e. The van der Waals surface area contributed by atoms with Gasteiger partial charge in [-0.15, -0.1) is 0 Å². The highest BCUT2D eigenvalue weighted by Gasteiger charge is 2.43. The van der Waals surface area contributed by atoms with Crippen LogP contribution in [0.1, 0.15) is 12.5 Å². The molecule has 1 aromatic heterocycles. The van der Waals surface area contributed by atoms with Crippen molar-refractivity contribution in [2.24, 2.45) is 0 Å². The number of hydrogen-bond donors (Lipinski definition) is 0. The summed E-state index contributed by atoms with van der Waals surface area (Å²) >= 11 is 0. The van der Waals surface area contributed by atoms with Gasteiger partial charge in [-0.3, -0.25) is 4.98 Å². The highest BCUT2D eigenvalue weighted by atomic mass is 16.6. The first-order chi connectivity index (χ1) is 9.43. The molecule has 1 aromatic rings. The Morgan fingerprint density at radius 1 is 1.30 bits per heavy atom. The van der Waals surface area contributed by atoms with Gasteiger partial charge in [0.25, 0.3) is 0 Å². The highest BCUT2D eigenvalue weighted by molar-refractivity contribution is 5.77. The summed E-state index contributed by atoms with van der Waals surface area (Å²) in [6.45, 7) is 2.00. The molecule has 0 aliphatic rings. The molecule has 110 valence electrons. The topological polar surface area (TPSA) is 65.5 Å². The van der Waals surface area contributed by atoms with Gasteiger partial charge in [0, 0.05) is 18.8 Å². The van der Waals surface area contributed by atoms with Gasteiger partial charge in [0.05, 0.1) is 27.8 Å². The molecule has 1 amide bonds. The number of ether oxygens (including phenoxy) is 2. The number of amides is 1. The third-order valence-corrected chi connectivity index (χ3v) is 3.17. The number of nitrogens with zero attached hydrogens (tertiary/aromatic N) is 2. The SMILES string of the molecule is CCOC(=O)[N+](C)(C)[C@@H](Cc1ccncc1)C(=O)OC. The molecule has 20 heavy (non-hydrogen) atoms. The number of methoxy groups -OCH3 is 1. The molecule has 0 saturated heterocycles. The molecule has 6 nitrogen and oxygen atoms in total. The number of carbonyl (C=O) groups excluding carboxylic acids is 2. The Labute approximate surface area is 118 Å². The van der Waals surface area contributed by atoms with Crippen LogP contribution in [-0.4, -0.2) is 55.4 Å². The standard InChI is InChI=1S/C14H21N2O4/c1-5-20-14(18)16(2,3)12(13(17)19-4)10-11-6-8-15-9-7-11/h6-9,12H,5,10H2,1-4H3/q+1/t12-/m0/s1. The molecule has 1 atom stereocenters. The second-order valence-electron chi connectivity index (χ2n) is 4.84. The zero-order valence-corrected chi connectivity index (χ0v) is 12.3. The van der Waals surface area contributed by atoms with E-state index in [1.165, 1.54) is 7.11 Å². The van der Waals surface area contributed by atoms with E-state index in [-0.39, 0.29) is 11.1 Å². The van der Waals surface area contributed by atoms with Crippen molar-refractivity contribution in [3.8, 4) is 0 Å². The van der Waals surface area contributed by atoms with Gasteiger partial charge in [-0.25, -0.2) is 9.28 Å². The van der Waals surface area contributed by atoms with E-state index in [0.29, 0.717) is 6.42 Å². The number of carbonyl (C=O) groups is 2. The van der Waals surface area contributed by atoms with E-state index >= 15 is 0 Å². The first kappa shape index (κ1) is 16.1. The van der Waals surface area contributed by atoms with Crippen LogP contribution >= 0.6 is 0 Å². The monoisotopic (exact) mass is 281 g/mol. The van der Waals surface area contributed by atoms with Crippen LogP contribution in [-0.2, 0) is 20.7 Å². The maximum atomic E-state index is 12.0. The van der Waals surface area contributed by atoms with Crippen LogP contribution in [0.4, 0.5) is 4.79 Å². The molecule has 0 unspecified atom stereocenters. The fourth-order valence-corrected chi connectivity index (χ4v) is 1.87. The Hall–Kier alpha value is -1.95. The fourth-order valence-electron chi connectivity index (χ4n) is 1.87. The van der Waals surface area contributed by atoms with E-state index in [1.807, 2.05) is 0 Å². The molecule has 1 heterocycles. The summed E-state index contributed by atoms with van der Waals surface area (Å²) in [7, 11) is 4.59. The second-order valence-corrected chi connectivity index (χ2v) is 4.84. The van der Waals surface area contributed by atoms with Crippen LogP contribution in [0.25, 0.3) is 0 Å². The number of aromatic nitrogens is 1. The van der Waals surface area contributed by atoms with E-state index in [9.17, 15) is 9.59 Å². The smallest absolute Gasteiger partial charge is 0.465 e. The van der Waals surface area contributed by atoms with Crippen molar-refractivity contribution >= 4 is 12.1 Å². The predicted molar refractivity (Wildman–Crippen MR) is 72.9 cm³/mol. The molecular weight excluding hydrogens is 260 g/mol. The summed E-state index contributed by atoms with van der Waals surface area (Å²) in [6, 6.07) is 2.95. The zero-order chi connectivity index (χ0) is 15.2. The molecule has 6 heteroatoms. The molecule has 0 aromatic carbocycles. The minimum atomic E-state index is -0.665. The maximum absolute atomic E-state index is 12.0. The lowest BCUT2D eigenvalue weighted by molar-refractivity contribution is -0.834. The summed E-state index contributed by atoms with van der Waals surface area (Å²) in [5.41, 5.74) is 0.908. The van der Waals surface area contributed by atoms with E-state index in [2.05, 4.69) is 4.98 Å². The van der Waals surface area contributed by atoms with Crippen molar-refractivity contribution < 1.29 is 23.5 Å². The molecule has 0 saturated carbocycles. The average molecular weight is 281 g/mol. The Bertz CT molecular complexity index is 460. The van der Waals surface area contributed by atoms with Gasteiger partial charge >= 0.3 is 12.1 Å². The molecule has 0 N–H and O–H groups in total. The van der Waals surface area contributed by atoms with E-state index in [4.69, 9.17) is 9.47 Å². The number of quaternary nitrogens is 1. The van der Waals surface area contributed by atoms with Crippen LogP contribution in [0.2, 0.25) is 0 Å². The lowest BCUT2D eigenvalue weighted by Crippen LogP contribution is -2.58. The molecule has 0 aliphatic carbocycles. The minimum absolute atomic E-state index is 0.219. The first-order valence-corrected chi connectivity index (χ1v) is 6.41. The molecule has 0 bridgehead atoms. The quantitative estimate of drug-likeness (QED) is 0.603. The van der Waals surface area contributed by atoms with Crippen molar-refractivity contribution in [3.63, 3.8) is 0 Å². The van der Waals surface area contributed by atoms with Gasteiger partial charge in [-0.05, 0) is 24.6 Å². The Morgan fingerprint density at radius 2 is 1.90 bits per heavy atom. The van der Waals surface area contributed by atoms with Gasteiger partial charge in [-0.2, -0.15) is 4.79 Å². The number of esters is 1. The zero-order valence-electron chi connectivity index (χ0n) is 12.3. The van der Waals surface area contributed by atoms with Gasteiger partial charge in [0.15, 0.2) is 0 Å². The summed E-state index contributed by atoms with van der Waals surface area (Å²) in [6.07, 6.45) is 3.21. The average Bonchev–Trinajstić information content (AvgIpc) is 2.45. The first-order valence-electron chi connectivity index (χ1n) is 6.41. The molecular formula is C14H21N2O4+. The number of pyridine rings is 1. The van der Waals surface area contributed by atoms with Crippen molar-refractivity contribution in [2.75, 3.05) is 27.8 Å². The molecule has 0 spiro atoms. The van der Waals surface area contributed by atoms with Crippen LogP contribution in [0, 0.1) is 0 Å². The highest BCUT2D eigenvalue weighted by Crippen LogP contribution is 2.16. The molecule has 0 radical (unpaired) electrons. The fraction of sp³-hybridized carbons (Fsp3) is 0.500. The van der Waals surface area contributed by atoms with E-state index < -0.39 is 18.1 Å². The predicted octanol–water partition coefficient (Wildman–Crippen LogP) is 1.40. The van der Waals surface area contributed by atoms with Crippen molar-refractivity contribution in [1.82, 2.24) is 4.98 Å². The molecule has 0 aliphatic heterocycles. The van der Waals surface area contributed by atoms with Crippen molar-refractivity contribution in [2.45, 2.75) is 19.4 Å². The van der Waals surface area contributed by atoms with Crippen LogP contribution in [0.3, 0.4) is 0 Å². The summed E-state index contributed by atoms with van der Waals surface area (Å²) in [4.78, 5) is 28.0. The summed E-state index contributed by atoms with van der Waals surface area (Å²) in [5.74, 6) is -0.445. The van der Waals surface area contributed by atoms with Crippen molar-refractivity contribution in [3.05, 3.63) is 30.1 Å². The van der Waals surface area contributed by atoms with Crippen LogP contribution < -0.4 is 0 Å². The van der Waals surface area contributed by atoms with Gasteiger partial charge in [0.1, 0.15) is 0 Å². The molecule has 0 fully saturated rings. The van der Waals surface area contributed by atoms with Crippen molar-refractivity contribution in [1.29, 1.82) is 0 Å². The third-order valence-electron chi connectivity index (χ3n) is 3.17.